The van der Waals surface area contributed by atoms with Gasteiger partial charge < -0.3 is 10.1 Å². The second kappa shape index (κ2) is 6.50. The lowest BCUT2D eigenvalue weighted by Gasteiger charge is -2.35. The highest BCUT2D eigenvalue weighted by molar-refractivity contribution is 5.98. The molecule has 2 aromatic heterocycles. The molecule has 0 radical (unpaired) electrons. The Balaban J connectivity index is 1.65. The molecule has 3 heterocycles. The van der Waals surface area contributed by atoms with E-state index in [-0.39, 0.29) is 11.5 Å². The monoisotopic (exact) mass is 314 g/mol. The number of aromatic nitrogens is 3. The average Bonchev–Trinajstić information content (AvgIpc) is 3.02. The van der Waals surface area contributed by atoms with Crippen molar-refractivity contribution >= 4 is 5.91 Å². The number of hydrogen-bond donors (Lipinski definition) is 2. The van der Waals surface area contributed by atoms with Crippen LogP contribution in [-0.2, 0) is 4.74 Å². The predicted octanol–water partition coefficient (Wildman–Crippen LogP) is 2.41. The third kappa shape index (κ3) is 3.76. The number of carbonyl (C=O) groups is 1. The molecule has 3 rings (SSSR count). The summed E-state index contributed by atoms with van der Waals surface area (Å²) in [5, 5.41) is 9.83. The maximum absolute atomic E-state index is 12.5. The Morgan fingerprint density at radius 3 is 2.96 bits per heavy atom. The van der Waals surface area contributed by atoms with Gasteiger partial charge in [-0.2, -0.15) is 5.10 Å². The van der Waals surface area contributed by atoms with Gasteiger partial charge in [0.1, 0.15) is 5.69 Å². The molecule has 6 nitrogen and oxygen atoms in total. The zero-order valence-electron chi connectivity index (χ0n) is 13.5. The Hall–Kier alpha value is -2.21. The fourth-order valence-corrected chi connectivity index (χ4v) is 3.07. The minimum Gasteiger partial charge on any atom is -0.376 e. The molecule has 0 bridgehead atoms. The van der Waals surface area contributed by atoms with Gasteiger partial charge in [0.25, 0.3) is 5.91 Å². The molecule has 1 aliphatic rings. The fraction of sp³-hybridized carbons (Fsp3) is 0.471. The standard InChI is InChI=1S/C17H22N4O2/c1-17(2)9-12(5-8-23-17)10-19-16(22)15-14(11-20-21-15)13-3-6-18-7-4-13/h3-4,6-7,11-12H,5,8-10H2,1-2H3,(H,19,22)(H,20,21). The van der Waals surface area contributed by atoms with Gasteiger partial charge in [-0.05, 0) is 50.3 Å². The molecule has 0 spiro atoms. The molecule has 2 N–H and O–H groups in total. The summed E-state index contributed by atoms with van der Waals surface area (Å²) in [6.07, 6.45) is 7.00. The van der Waals surface area contributed by atoms with Gasteiger partial charge in [0.05, 0.1) is 11.8 Å². The maximum atomic E-state index is 12.5. The third-order valence-corrected chi connectivity index (χ3v) is 4.21. The van der Waals surface area contributed by atoms with Crippen LogP contribution in [0.25, 0.3) is 11.1 Å². The first-order valence-corrected chi connectivity index (χ1v) is 7.91. The molecule has 1 fully saturated rings. The van der Waals surface area contributed by atoms with Crippen LogP contribution in [0.15, 0.2) is 30.7 Å². The Kier molecular flexibility index (Phi) is 4.43. The smallest absolute Gasteiger partial charge is 0.269 e. The largest absolute Gasteiger partial charge is 0.376 e. The van der Waals surface area contributed by atoms with Crippen molar-refractivity contribution in [2.24, 2.45) is 5.92 Å². The lowest BCUT2D eigenvalue weighted by Crippen LogP contribution is -2.39. The Morgan fingerprint density at radius 1 is 1.43 bits per heavy atom. The van der Waals surface area contributed by atoms with Crippen LogP contribution >= 0.6 is 0 Å². The van der Waals surface area contributed by atoms with Crippen molar-refractivity contribution < 1.29 is 9.53 Å². The van der Waals surface area contributed by atoms with E-state index in [9.17, 15) is 4.79 Å². The van der Waals surface area contributed by atoms with E-state index in [1.165, 1.54) is 0 Å². The second-order valence-electron chi connectivity index (χ2n) is 6.57. The molecule has 0 saturated carbocycles. The Bertz CT molecular complexity index is 666. The van der Waals surface area contributed by atoms with Gasteiger partial charge in [0.2, 0.25) is 0 Å². The van der Waals surface area contributed by atoms with Crippen LogP contribution in [0.2, 0.25) is 0 Å². The molecule has 1 amide bonds. The van der Waals surface area contributed by atoms with Crippen LogP contribution in [0.3, 0.4) is 0 Å². The third-order valence-electron chi connectivity index (χ3n) is 4.21. The van der Waals surface area contributed by atoms with Crippen molar-refractivity contribution in [1.82, 2.24) is 20.5 Å². The number of hydrogen-bond acceptors (Lipinski definition) is 4. The summed E-state index contributed by atoms with van der Waals surface area (Å²) in [6.45, 7) is 5.59. The number of nitrogens with zero attached hydrogens (tertiary/aromatic N) is 2. The predicted molar refractivity (Wildman–Crippen MR) is 86.9 cm³/mol. The van der Waals surface area contributed by atoms with Crippen molar-refractivity contribution in [3.8, 4) is 11.1 Å². The molecular weight excluding hydrogens is 292 g/mol. The number of aromatic amines is 1. The second-order valence-corrected chi connectivity index (χ2v) is 6.57. The Morgan fingerprint density at radius 2 is 2.22 bits per heavy atom. The topological polar surface area (TPSA) is 79.9 Å². The van der Waals surface area contributed by atoms with Gasteiger partial charge in [0.15, 0.2) is 0 Å². The zero-order valence-corrected chi connectivity index (χ0v) is 13.5. The number of ether oxygens (including phenoxy) is 1. The van der Waals surface area contributed by atoms with E-state index in [1.54, 1.807) is 18.6 Å². The van der Waals surface area contributed by atoms with Crippen molar-refractivity contribution in [1.29, 1.82) is 0 Å². The summed E-state index contributed by atoms with van der Waals surface area (Å²) in [5.41, 5.74) is 2.09. The molecule has 122 valence electrons. The van der Waals surface area contributed by atoms with Crippen LogP contribution in [-0.4, -0.2) is 39.8 Å². The van der Waals surface area contributed by atoms with Crippen LogP contribution in [0.5, 0.6) is 0 Å². The van der Waals surface area contributed by atoms with E-state index in [0.717, 1.165) is 30.6 Å². The molecule has 1 saturated heterocycles. The molecule has 2 aromatic rings. The van der Waals surface area contributed by atoms with E-state index in [4.69, 9.17) is 4.74 Å². The normalized spacial score (nSPS) is 20.2. The summed E-state index contributed by atoms with van der Waals surface area (Å²) in [6, 6.07) is 3.73. The van der Waals surface area contributed by atoms with Crippen molar-refractivity contribution in [3.63, 3.8) is 0 Å². The number of carbonyl (C=O) groups excluding carboxylic acids is 1. The fourth-order valence-electron chi connectivity index (χ4n) is 3.07. The molecule has 1 aliphatic heterocycles. The van der Waals surface area contributed by atoms with Crippen molar-refractivity contribution in [3.05, 3.63) is 36.4 Å². The highest BCUT2D eigenvalue weighted by atomic mass is 16.5. The Labute approximate surface area is 135 Å². The van der Waals surface area contributed by atoms with E-state index >= 15 is 0 Å². The van der Waals surface area contributed by atoms with Crippen LogP contribution in [0, 0.1) is 5.92 Å². The number of rotatable bonds is 4. The van der Waals surface area contributed by atoms with Gasteiger partial charge in [0, 0.05) is 31.1 Å². The zero-order chi connectivity index (χ0) is 16.3. The van der Waals surface area contributed by atoms with Crippen LogP contribution in [0.1, 0.15) is 37.2 Å². The van der Waals surface area contributed by atoms with Gasteiger partial charge in [-0.3, -0.25) is 14.9 Å². The molecular formula is C17H22N4O2. The molecule has 6 heteroatoms. The SMILES string of the molecule is CC1(C)CC(CNC(=O)c2[nH]ncc2-c2ccncc2)CCO1. The first-order chi connectivity index (χ1) is 11.1. The first kappa shape index (κ1) is 15.7. The summed E-state index contributed by atoms with van der Waals surface area (Å²) >= 11 is 0. The number of pyridine rings is 1. The van der Waals surface area contributed by atoms with Gasteiger partial charge >= 0.3 is 0 Å². The van der Waals surface area contributed by atoms with Gasteiger partial charge in [-0.1, -0.05) is 0 Å². The quantitative estimate of drug-likeness (QED) is 0.908. The molecule has 23 heavy (non-hydrogen) atoms. The first-order valence-electron chi connectivity index (χ1n) is 7.91. The summed E-state index contributed by atoms with van der Waals surface area (Å²) in [4.78, 5) is 16.5. The number of nitrogens with one attached hydrogen (secondary N) is 2. The van der Waals surface area contributed by atoms with Crippen LogP contribution < -0.4 is 5.32 Å². The summed E-state index contributed by atoms with van der Waals surface area (Å²) < 4.78 is 5.72. The van der Waals surface area contributed by atoms with E-state index in [1.807, 2.05) is 12.1 Å². The van der Waals surface area contributed by atoms with Crippen LogP contribution in [0.4, 0.5) is 0 Å². The minimum atomic E-state index is -0.126. The maximum Gasteiger partial charge on any atom is 0.269 e. The highest BCUT2D eigenvalue weighted by Gasteiger charge is 2.29. The van der Waals surface area contributed by atoms with Crippen molar-refractivity contribution in [2.75, 3.05) is 13.2 Å². The van der Waals surface area contributed by atoms with E-state index < -0.39 is 0 Å². The number of H-pyrrole nitrogens is 1. The highest BCUT2D eigenvalue weighted by Crippen LogP contribution is 2.28. The summed E-state index contributed by atoms with van der Waals surface area (Å²) in [5.74, 6) is 0.314. The molecule has 0 aliphatic carbocycles. The molecule has 0 aromatic carbocycles. The molecule has 1 unspecified atom stereocenters. The van der Waals surface area contributed by atoms with E-state index in [0.29, 0.717) is 18.2 Å². The summed E-state index contributed by atoms with van der Waals surface area (Å²) in [7, 11) is 0. The average molecular weight is 314 g/mol. The van der Waals surface area contributed by atoms with Gasteiger partial charge in [-0.15, -0.1) is 0 Å². The van der Waals surface area contributed by atoms with E-state index in [2.05, 4.69) is 34.3 Å². The lowest BCUT2D eigenvalue weighted by atomic mass is 9.88. The van der Waals surface area contributed by atoms with Crippen molar-refractivity contribution in [2.45, 2.75) is 32.3 Å². The molecule has 1 atom stereocenters. The lowest BCUT2D eigenvalue weighted by molar-refractivity contribution is -0.0715. The van der Waals surface area contributed by atoms with Gasteiger partial charge in [-0.25, -0.2) is 0 Å². The number of amides is 1. The minimum absolute atomic E-state index is 0.107.